The van der Waals surface area contributed by atoms with Crippen molar-refractivity contribution in [2.45, 2.75) is 0 Å². The van der Waals surface area contributed by atoms with Crippen LogP contribution in [-0.4, -0.2) is 5.78 Å². The van der Waals surface area contributed by atoms with Crippen molar-refractivity contribution in [3.63, 3.8) is 0 Å². The van der Waals surface area contributed by atoms with Crippen molar-refractivity contribution in [3.8, 4) is 0 Å². The molecule has 0 amide bonds. The standard InChI is InChI=1S/C13H8BrClFNO/c14-7-1-4-12(16)10(5-7)13(18)9-3-2-8(17)6-11(9)15/h1-6H,17H2. The van der Waals surface area contributed by atoms with E-state index in [0.29, 0.717) is 10.2 Å². The molecule has 92 valence electrons. The smallest absolute Gasteiger partial charge is 0.197 e. The van der Waals surface area contributed by atoms with Crippen LogP contribution in [0.4, 0.5) is 10.1 Å². The summed E-state index contributed by atoms with van der Waals surface area (Å²) >= 11 is 9.13. The van der Waals surface area contributed by atoms with Gasteiger partial charge in [-0.05, 0) is 36.4 Å². The number of halogens is 3. The normalized spacial score (nSPS) is 10.4. The second kappa shape index (κ2) is 5.08. The van der Waals surface area contributed by atoms with Crippen LogP contribution in [0.15, 0.2) is 40.9 Å². The fourth-order valence-corrected chi connectivity index (χ4v) is 2.17. The van der Waals surface area contributed by atoms with Gasteiger partial charge in [0.2, 0.25) is 0 Å². The number of benzene rings is 2. The fraction of sp³-hybridized carbons (Fsp3) is 0. The van der Waals surface area contributed by atoms with Crippen molar-refractivity contribution in [2.24, 2.45) is 0 Å². The van der Waals surface area contributed by atoms with Crippen molar-refractivity contribution >= 4 is 39.0 Å². The first-order valence-electron chi connectivity index (χ1n) is 5.04. The molecule has 0 bridgehead atoms. The molecule has 0 spiro atoms. The maximum atomic E-state index is 13.6. The monoisotopic (exact) mass is 327 g/mol. The zero-order valence-corrected chi connectivity index (χ0v) is 11.4. The van der Waals surface area contributed by atoms with Gasteiger partial charge < -0.3 is 5.73 Å². The summed E-state index contributed by atoms with van der Waals surface area (Å²) < 4.78 is 14.2. The van der Waals surface area contributed by atoms with E-state index in [1.54, 1.807) is 6.07 Å². The van der Waals surface area contributed by atoms with E-state index in [1.807, 2.05) is 0 Å². The molecule has 2 rings (SSSR count). The summed E-state index contributed by atoms with van der Waals surface area (Å²) in [5.74, 6) is -1.06. The fourth-order valence-electron chi connectivity index (χ4n) is 1.53. The lowest BCUT2D eigenvalue weighted by Gasteiger charge is -2.06. The van der Waals surface area contributed by atoms with Crippen LogP contribution in [0.2, 0.25) is 5.02 Å². The number of ketones is 1. The number of nitrogen functional groups attached to an aromatic ring is 1. The molecule has 18 heavy (non-hydrogen) atoms. The highest BCUT2D eigenvalue weighted by molar-refractivity contribution is 9.10. The van der Waals surface area contributed by atoms with Crippen LogP contribution in [0.25, 0.3) is 0 Å². The molecular weight excluding hydrogens is 321 g/mol. The van der Waals surface area contributed by atoms with Gasteiger partial charge in [-0.3, -0.25) is 4.79 Å². The highest BCUT2D eigenvalue weighted by Crippen LogP contribution is 2.24. The maximum Gasteiger partial charge on any atom is 0.197 e. The van der Waals surface area contributed by atoms with E-state index in [4.69, 9.17) is 17.3 Å². The Hall–Kier alpha value is -1.39. The first-order chi connectivity index (χ1) is 8.49. The van der Waals surface area contributed by atoms with Crippen LogP contribution in [0.1, 0.15) is 15.9 Å². The van der Waals surface area contributed by atoms with Crippen LogP contribution in [-0.2, 0) is 0 Å². The van der Waals surface area contributed by atoms with E-state index in [9.17, 15) is 9.18 Å². The zero-order chi connectivity index (χ0) is 13.3. The van der Waals surface area contributed by atoms with Crippen molar-refractivity contribution < 1.29 is 9.18 Å². The summed E-state index contributed by atoms with van der Waals surface area (Å²) in [5, 5.41) is 0.208. The Morgan fingerprint density at radius 3 is 2.56 bits per heavy atom. The number of rotatable bonds is 2. The predicted octanol–water partition coefficient (Wildman–Crippen LogP) is 4.05. The maximum absolute atomic E-state index is 13.6. The van der Waals surface area contributed by atoms with Gasteiger partial charge in [-0.15, -0.1) is 0 Å². The summed E-state index contributed by atoms with van der Waals surface area (Å²) in [6.45, 7) is 0. The Kier molecular flexibility index (Phi) is 3.68. The van der Waals surface area contributed by atoms with E-state index in [-0.39, 0.29) is 16.1 Å². The van der Waals surface area contributed by atoms with Crippen molar-refractivity contribution in [2.75, 3.05) is 5.73 Å². The summed E-state index contributed by atoms with van der Waals surface area (Å²) in [6.07, 6.45) is 0. The van der Waals surface area contributed by atoms with E-state index in [1.165, 1.54) is 30.3 Å². The molecule has 0 fully saturated rings. The number of anilines is 1. The Bertz CT molecular complexity index is 630. The van der Waals surface area contributed by atoms with Crippen molar-refractivity contribution in [1.82, 2.24) is 0 Å². The summed E-state index contributed by atoms with van der Waals surface area (Å²) in [6, 6.07) is 8.67. The molecule has 0 saturated carbocycles. The van der Waals surface area contributed by atoms with Gasteiger partial charge in [-0.25, -0.2) is 4.39 Å². The van der Waals surface area contributed by atoms with Gasteiger partial charge in [0.15, 0.2) is 5.78 Å². The molecule has 0 radical (unpaired) electrons. The van der Waals surface area contributed by atoms with Crippen LogP contribution in [0.3, 0.4) is 0 Å². The molecule has 0 atom stereocenters. The lowest BCUT2D eigenvalue weighted by Crippen LogP contribution is -2.05. The molecule has 0 heterocycles. The molecule has 2 nitrogen and oxygen atoms in total. The second-order valence-corrected chi connectivity index (χ2v) is 5.02. The first kappa shape index (κ1) is 13.1. The van der Waals surface area contributed by atoms with E-state index in [2.05, 4.69) is 15.9 Å². The number of carbonyl (C=O) groups excluding carboxylic acids is 1. The molecular formula is C13H8BrClFNO. The Labute approximate surface area is 117 Å². The van der Waals surface area contributed by atoms with E-state index in [0.717, 1.165) is 0 Å². The van der Waals surface area contributed by atoms with Crippen LogP contribution >= 0.6 is 27.5 Å². The Morgan fingerprint density at radius 1 is 1.17 bits per heavy atom. The Balaban J connectivity index is 2.51. The highest BCUT2D eigenvalue weighted by atomic mass is 79.9. The lowest BCUT2D eigenvalue weighted by atomic mass is 10.0. The quantitative estimate of drug-likeness (QED) is 0.667. The van der Waals surface area contributed by atoms with Gasteiger partial charge >= 0.3 is 0 Å². The zero-order valence-electron chi connectivity index (χ0n) is 9.08. The molecule has 0 aromatic heterocycles. The molecule has 0 unspecified atom stereocenters. The Morgan fingerprint density at radius 2 is 1.89 bits per heavy atom. The highest BCUT2D eigenvalue weighted by Gasteiger charge is 2.17. The molecule has 2 N–H and O–H groups in total. The topological polar surface area (TPSA) is 43.1 Å². The number of carbonyl (C=O) groups is 1. The number of hydrogen-bond acceptors (Lipinski definition) is 2. The summed E-state index contributed by atoms with van der Waals surface area (Å²) in [5.41, 5.74) is 6.19. The van der Waals surface area contributed by atoms with Gasteiger partial charge in [0.1, 0.15) is 5.82 Å². The summed E-state index contributed by atoms with van der Waals surface area (Å²) in [4.78, 5) is 12.2. The third-order valence-electron chi connectivity index (χ3n) is 2.41. The minimum absolute atomic E-state index is 0.0314. The second-order valence-electron chi connectivity index (χ2n) is 3.69. The molecule has 0 aliphatic heterocycles. The average Bonchev–Trinajstić information content (AvgIpc) is 2.31. The van der Waals surface area contributed by atoms with Gasteiger partial charge in [0.25, 0.3) is 0 Å². The molecule has 0 aliphatic carbocycles. The van der Waals surface area contributed by atoms with Crippen LogP contribution < -0.4 is 5.73 Å². The number of nitrogens with two attached hydrogens (primary N) is 1. The largest absolute Gasteiger partial charge is 0.399 e. The van der Waals surface area contributed by atoms with Gasteiger partial charge in [-0.1, -0.05) is 27.5 Å². The number of hydrogen-bond donors (Lipinski definition) is 1. The van der Waals surface area contributed by atoms with Crippen molar-refractivity contribution in [3.05, 3.63) is 62.8 Å². The van der Waals surface area contributed by atoms with Gasteiger partial charge in [0, 0.05) is 15.7 Å². The molecule has 5 heteroatoms. The molecule has 0 saturated heterocycles. The third kappa shape index (κ3) is 2.54. The van der Waals surface area contributed by atoms with Crippen molar-refractivity contribution in [1.29, 1.82) is 0 Å². The minimum atomic E-state index is -0.587. The SMILES string of the molecule is Nc1ccc(C(=O)c2cc(Br)ccc2F)c(Cl)c1. The van der Waals surface area contributed by atoms with E-state index >= 15 is 0 Å². The third-order valence-corrected chi connectivity index (χ3v) is 3.22. The van der Waals surface area contributed by atoms with Gasteiger partial charge in [-0.2, -0.15) is 0 Å². The lowest BCUT2D eigenvalue weighted by molar-refractivity contribution is 0.103. The van der Waals surface area contributed by atoms with Crippen LogP contribution in [0.5, 0.6) is 0 Å². The summed E-state index contributed by atoms with van der Waals surface area (Å²) in [7, 11) is 0. The molecule has 0 aliphatic rings. The minimum Gasteiger partial charge on any atom is -0.399 e. The van der Waals surface area contributed by atoms with E-state index < -0.39 is 11.6 Å². The molecule has 2 aromatic carbocycles. The molecule has 2 aromatic rings. The first-order valence-corrected chi connectivity index (χ1v) is 6.21. The average molecular weight is 329 g/mol. The predicted molar refractivity (Wildman–Crippen MR) is 73.4 cm³/mol. The van der Waals surface area contributed by atoms with Gasteiger partial charge in [0.05, 0.1) is 10.6 Å². The van der Waals surface area contributed by atoms with Crippen LogP contribution in [0, 0.1) is 5.82 Å².